The summed E-state index contributed by atoms with van der Waals surface area (Å²) in [7, 11) is 0. The minimum absolute atomic E-state index is 0.578. The Morgan fingerprint density at radius 1 is 0.306 bits per heavy atom. The molecular formula is C57H36N4O. The lowest BCUT2D eigenvalue weighted by atomic mass is 9.95. The highest BCUT2D eigenvalue weighted by Crippen LogP contribution is 2.41. The lowest BCUT2D eigenvalue weighted by Gasteiger charge is -2.13. The normalized spacial score (nSPS) is 11.5. The SMILES string of the molecule is c1ccc(-c2cc(-c3ccccc3)cc(-c3nc(-c4ccccc4)nc(-c4cccc5oc6ccc(-c7ccc8c(c7)c7ccccc7n8-c7ccccc7)cc6c45)n3)c2)cc1. The van der Waals surface area contributed by atoms with Crippen molar-refractivity contribution < 1.29 is 4.42 Å². The van der Waals surface area contributed by atoms with E-state index in [-0.39, 0.29) is 0 Å². The van der Waals surface area contributed by atoms with E-state index in [1.807, 2.05) is 54.6 Å². The van der Waals surface area contributed by atoms with Gasteiger partial charge in [0.15, 0.2) is 17.5 Å². The zero-order valence-corrected chi connectivity index (χ0v) is 33.5. The Hall–Kier alpha value is -8.41. The minimum Gasteiger partial charge on any atom is -0.456 e. The number of nitrogens with zero attached hydrogens (tertiary/aromatic N) is 4. The molecule has 0 radical (unpaired) electrons. The summed E-state index contributed by atoms with van der Waals surface area (Å²) >= 11 is 0. The molecule has 0 atom stereocenters. The fourth-order valence-electron chi connectivity index (χ4n) is 8.89. The first-order valence-corrected chi connectivity index (χ1v) is 20.8. The standard InChI is InChI=1S/C57H36N4O/c1-5-16-37(17-6-1)42-32-43(38-18-7-2-8-19-38)34-44(33-42)56-58-55(39-20-9-3-10-21-39)59-57(60-56)47-25-15-27-53-54(47)49-36-41(29-31-52(49)62-53)40-28-30-51-48(35-40)46-24-13-14-26-50(46)61(51)45-22-11-4-12-23-45/h1-36H. The van der Waals surface area contributed by atoms with Gasteiger partial charge in [0.25, 0.3) is 0 Å². The van der Waals surface area contributed by atoms with Crippen LogP contribution in [0.2, 0.25) is 0 Å². The van der Waals surface area contributed by atoms with Crippen molar-refractivity contribution in [3.63, 3.8) is 0 Å². The van der Waals surface area contributed by atoms with E-state index in [1.165, 1.54) is 21.8 Å². The van der Waals surface area contributed by atoms with E-state index in [4.69, 9.17) is 19.4 Å². The van der Waals surface area contributed by atoms with Crippen LogP contribution in [0.4, 0.5) is 0 Å². The third kappa shape index (κ3) is 6.14. The van der Waals surface area contributed by atoms with Crippen LogP contribution in [-0.4, -0.2) is 19.5 Å². The molecule has 0 saturated heterocycles. The highest BCUT2D eigenvalue weighted by atomic mass is 16.3. The van der Waals surface area contributed by atoms with Gasteiger partial charge in [-0.25, -0.2) is 15.0 Å². The number of fused-ring (bicyclic) bond motifs is 6. The van der Waals surface area contributed by atoms with Gasteiger partial charge in [0.1, 0.15) is 11.2 Å². The monoisotopic (exact) mass is 792 g/mol. The predicted molar refractivity (Wildman–Crippen MR) is 254 cm³/mol. The fourth-order valence-corrected chi connectivity index (χ4v) is 8.89. The van der Waals surface area contributed by atoms with Crippen LogP contribution in [0.15, 0.2) is 223 Å². The van der Waals surface area contributed by atoms with Crippen LogP contribution in [0.1, 0.15) is 0 Å². The number of benzene rings is 9. The summed E-state index contributed by atoms with van der Waals surface area (Å²) in [5.41, 5.74) is 14.4. The van der Waals surface area contributed by atoms with Crippen molar-refractivity contribution in [3.05, 3.63) is 218 Å². The van der Waals surface area contributed by atoms with Gasteiger partial charge in [-0.1, -0.05) is 152 Å². The van der Waals surface area contributed by atoms with Gasteiger partial charge in [-0.2, -0.15) is 0 Å². The van der Waals surface area contributed by atoms with Crippen molar-refractivity contribution in [2.75, 3.05) is 0 Å². The van der Waals surface area contributed by atoms with Gasteiger partial charge >= 0.3 is 0 Å². The second-order valence-corrected chi connectivity index (χ2v) is 15.6. The third-order valence-electron chi connectivity index (χ3n) is 11.8. The number of furan rings is 1. The molecule has 0 spiro atoms. The third-order valence-corrected chi connectivity index (χ3v) is 11.8. The molecule has 9 aromatic carbocycles. The lowest BCUT2D eigenvalue weighted by Crippen LogP contribution is -2.01. The second-order valence-electron chi connectivity index (χ2n) is 15.6. The molecule has 62 heavy (non-hydrogen) atoms. The fraction of sp³-hybridized carbons (Fsp3) is 0. The van der Waals surface area contributed by atoms with Crippen molar-refractivity contribution in [2.24, 2.45) is 0 Å². The largest absolute Gasteiger partial charge is 0.456 e. The van der Waals surface area contributed by atoms with Gasteiger partial charge in [-0.05, 0) is 100 Å². The first-order valence-electron chi connectivity index (χ1n) is 20.8. The van der Waals surface area contributed by atoms with E-state index in [2.05, 4.69) is 168 Å². The Kier molecular flexibility index (Phi) is 8.42. The van der Waals surface area contributed by atoms with Crippen molar-refractivity contribution in [1.29, 1.82) is 0 Å². The number of hydrogen-bond donors (Lipinski definition) is 0. The maximum atomic E-state index is 6.57. The van der Waals surface area contributed by atoms with Crippen molar-refractivity contribution >= 4 is 43.7 Å². The first kappa shape index (κ1) is 35.5. The quantitative estimate of drug-likeness (QED) is 0.161. The van der Waals surface area contributed by atoms with Crippen LogP contribution < -0.4 is 0 Å². The average Bonchev–Trinajstić information content (AvgIpc) is 3.90. The van der Waals surface area contributed by atoms with E-state index in [9.17, 15) is 0 Å². The van der Waals surface area contributed by atoms with Gasteiger partial charge in [-0.3, -0.25) is 0 Å². The molecule has 3 aromatic heterocycles. The van der Waals surface area contributed by atoms with Gasteiger partial charge in [0.05, 0.1) is 11.0 Å². The molecule has 0 aliphatic carbocycles. The summed E-state index contributed by atoms with van der Waals surface area (Å²) in [6, 6.07) is 76.3. The molecule has 5 nitrogen and oxygen atoms in total. The van der Waals surface area contributed by atoms with Crippen LogP contribution in [0.3, 0.4) is 0 Å². The summed E-state index contributed by atoms with van der Waals surface area (Å²) in [5.74, 6) is 1.77. The van der Waals surface area contributed by atoms with E-state index >= 15 is 0 Å². The van der Waals surface area contributed by atoms with E-state index in [0.717, 1.165) is 77.7 Å². The minimum atomic E-state index is 0.578. The van der Waals surface area contributed by atoms with Crippen LogP contribution >= 0.6 is 0 Å². The lowest BCUT2D eigenvalue weighted by molar-refractivity contribution is 0.669. The van der Waals surface area contributed by atoms with E-state index in [1.54, 1.807) is 0 Å². The van der Waals surface area contributed by atoms with Crippen LogP contribution in [-0.2, 0) is 0 Å². The molecule has 12 rings (SSSR count). The Morgan fingerprint density at radius 3 is 1.53 bits per heavy atom. The highest BCUT2D eigenvalue weighted by Gasteiger charge is 2.20. The molecule has 290 valence electrons. The van der Waals surface area contributed by atoms with Gasteiger partial charge in [-0.15, -0.1) is 0 Å². The number of rotatable bonds is 7. The van der Waals surface area contributed by atoms with Crippen molar-refractivity contribution in [1.82, 2.24) is 19.5 Å². The van der Waals surface area contributed by atoms with Gasteiger partial charge in [0, 0.05) is 43.9 Å². The Balaban J connectivity index is 1.04. The summed E-state index contributed by atoms with van der Waals surface area (Å²) in [4.78, 5) is 15.7. The molecule has 0 bridgehead atoms. The summed E-state index contributed by atoms with van der Waals surface area (Å²) < 4.78 is 8.92. The summed E-state index contributed by atoms with van der Waals surface area (Å²) in [6.45, 7) is 0. The molecule has 0 fully saturated rings. The maximum Gasteiger partial charge on any atom is 0.164 e. The molecule has 0 saturated carbocycles. The van der Waals surface area contributed by atoms with Crippen LogP contribution in [0.25, 0.3) is 117 Å². The van der Waals surface area contributed by atoms with Crippen LogP contribution in [0, 0.1) is 0 Å². The Morgan fingerprint density at radius 2 is 0.839 bits per heavy atom. The zero-order valence-electron chi connectivity index (χ0n) is 33.5. The molecule has 0 N–H and O–H groups in total. The van der Waals surface area contributed by atoms with E-state index in [0.29, 0.717) is 17.5 Å². The molecule has 0 unspecified atom stereocenters. The molecule has 5 heteroatoms. The first-order chi connectivity index (χ1) is 30.7. The Labute approximate surface area is 357 Å². The van der Waals surface area contributed by atoms with Crippen molar-refractivity contribution in [3.8, 4) is 73.2 Å². The number of hydrogen-bond acceptors (Lipinski definition) is 4. The van der Waals surface area contributed by atoms with Gasteiger partial charge in [0.2, 0.25) is 0 Å². The summed E-state index contributed by atoms with van der Waals surface area (Å²) in [5, 5.41) is 4.39. The molecule has 12 aromatic rings. The molecular weight excluding hydrogens is 757 g/mol. The van der Waals surface area contributed by atoms with Crippen LogP contribution in [0.5, 0.6) is 0 Å². The predicted octanol–water partition coefficient (Wildman–Crippen LogP) is 14.9. The highest BCUT2D eigenvalue weighted by molar-refractivity contribution is 6.14. The molecule has 0 amide bonds. The molecule has 0 aliphatic heterocycles. The topological polar surface area (TPSA) is 56.7 Å². The zero-order chi connectivity index (χ0) is 41.0. The van der Waals surface area contributed by atoms with Gasteiger partial charge < -0.3 is 8.98 Å². The smallest absolute Gasteiger partial charge is 0.164 e. The van der Waals surface area contributed by atoms with Crippen molar-refractivity contribution in [2.45, 2.75) is 0 Å². The second kappa shape index (κ2) is 14.7. The summed E-state index contributed by atoms with van der Waals surface area (Å²) in [6.07, 6.45) is 0. The molecule has 0 aliphatic rings. The van der Waals surface area contributed by atoms with E-state index < -0.39 is 0 Å². The number of para-hydroxylation sites is 2. The Bertz CT molecular complexity index is 3560. The molecule has 3 heterocycles. The number of aromatic nitrogens is 4. The maximum absolute atomic E-state index is 6.57. The average molecular weight is 793 g/mol.